The van der Waals surface area contributed by atoms with Crippen LogP contribution >= 0.6 is 24.0 Å². The highest BCUT2D eigenvalue weighted by molar-refractivity contribution is 14.0. The van der Waals surface area contributed by atoms with E-state index in [1.54, 1.807) is 12.1 Å². The Balaban J connectivity index is 0.00000338. The first-order valence-corrected chi connectivity index (χ1v) is 9.23. The van der Waals surface area contributed by atoms with Gasteiger partial charge in [0.1, 0.15) is 5.82 Å². The molecule has 0 unspecified atom stereocenters. The molecule has 1 aliphatic heterocycles. The summed E-state index contributed by atoms with van der Waals surface area (Å²) in [6.07, 6.45) is 2.22. The van der Waals surface area contributed by atoms with Gasteiger partial charge in [-0.25, -0.2) is 4.39 Å². The van der Waals surface area contributed by atoms with Crippen LogP contribution in [0.5, 0.6) is 0 Å². The lowest BCUT2D eigenvalue weighted by atomic mass is 10.2. The molecule has 0 bridgehead atoms. The van der Waals surface area contributed by atoms with Gasteiger partial charge < -0.3 is 15.0 Å². The van der Waals surface area contributed by atoms with Gasteiger partial charge in [0, 0.05) is 39.8 Å². The van der Waals surface area contributed by atoms with Crippen LogP contribution in [0.2, 0.25) is 0 Å². The Morgan fingerprint density at radius 2 is 2.08 bits per heavy atom. The average molecular weight is 478 g/mol. The molecule has 148 valence electrons. The zero-order chi connectivity index (χ0) is 17.9. The van der Waals surface area contributed by atoms with Gasteiger partial charge in [-0.15, -0.1) is 24.0 Å². The highest BCUT2D eigenvalue weighted by Crippen LogP contribution is 2.07. The van der Waals surface area contributed by atoms with Crippen LogP contribution < -0.4 is 5.32 Å². The van der Waals surface area contributed by atoms with Crippen molar-refractivity contribution in [2.45, 2.75) is 26.3 Å². The molecule has 0 aliphatic carbocycles. The lowest BCUT2D eigenvalue weighted by Crippen LogP contribution is -2.38. The van der Waals surface area contributed by atoms with Gasteiger partial charge in [0.05, 0.1) is 13.2 Å². The molecule has 0 saturated carbocycles. The van der Waals surface area contributed by atoms with Crippen LogP contribution in [0.4, 0.5) is 4.39 Å². The van der Waals surface area contributed by atoms with Crippen LogP contribution in [-0.2, 0) is 11.3 Å². The number of morpholine rings is 1. The van der Waals surface area contributed by atoms with Crippen LogP contribution in [0.15, 0.2) is 29.3 Å². The second-order valence-corrected chi connectivity index (χ2v) is 6.38. The summed E-state index contributed by atoms with van der Waals surface area (Å²) in [5, 5.41) is 3.31. The quantitative estimate of drug-likeness (QED) is 0.270. The molecule has 0 atom stereocenters. The van der Waals surface area contributed by atoms with Gasteiger partial charge in [0.2, 0.25) is 0 Å². The van der Waals surface area contributed by atoms with E-state index in [4.69, 9.17) is 9.73 Å². The third-order valence-corrected chi connectivity index (χ3v) is 4.25. The molecule has 0 spiro atoms. The Labute approximate surface area is 174 Å². The molecule has 1 aromatic rings. The van der Waals surface area contributed by atoms with E-state index in [0.29, 0.717) is 6.54 Å². The van der Waals surface area contributed by atoms with Crippen molar-refractivity contribution in [2.24, 2.45) is 4.99 Å². The topological polar surface area (TPSA) is 40.1 Å². The smallest absolute Gasteiger partial charge is 0.193 e. The molecule has 7 heteroatoms. The van der Waals surface area contributed by atoms with Crippen molar-refractivity contribution >= 4 is 29.9 Å². The molecule has 2 rings (SSSR count). The lowest BCUT2D eigenvalue weighted by Gasteiger charge is -2.26. The molecular weight excluding hydrogens is 446 g/mol. The Morgan fingerprint density at radius 3 is 2.77 bits per heavy atom. The van der Waals surface area contributed by atoms with E-state index in [1.165, 1.54) is 6.07 Å². The lowest BCUT2D eigenvalue weighted by molar-refractivity contribution is 0.0373. The minimum Gasteiger partial charge on any atom is -0.379 e. The number of halogens is 2. The molecule has 1 aromatic carbocycles. The number of aliphatic imine (C=N–C) groups is 1. The second kappa shape index (κ2) is 13.3. The summed E-state index contributed by atoms with van der Waals surface area (Å²) in [4.78, 5) is 9.20. The first-order valence-electron chi connectivity index (χ1n) is 9.23. The maximum Gasteiger partial charge on any atom is 0.193 e. The summed E-state index contributed by atoms with van der Waals surface area (Å²) < 4.78 is 18.7. The Kier molecular flexibility index (Phi) is 11.8. The number of nitrogens with zero attached hydrogens (tertiary/aromatic N) is 3. The predicted molar refractivity (Wildman–Crippen MR) is 116 cm³/mol. The number of unbranched alkanes of at least 4 members (excludes halogenated alkanes) is 1. The summed E-state index contributed by atoms with van der Waals surface area (Å²) in [7, 11) is 1.99. The van der Waals surface area contributed by atoms with Crippen LogP contribution in [0.3, 0.4) is 0 Å². The maximum absolute atomic E-state index is 13.3. The van der Waals surface area contributed by atoms with Gasteiger partial charge in [0.15, 0.2) is 5.96 Å². The van der Waals surface area contributed by atoms with Crippen molar-refractivity contribution in [1.82, 2.24) is 15.1 Å². The maximum atomic E-state index is 13.3. The molecule has 5 nitrogen and oxygen atoms in total. The van der Waals surface area contributed by atoms with Gasteiger partial charge in [0.25, 0.3) is 0 Å². The molecule has 1 aliphatic rings. The first-order chi connectivity index (χ1) is 12.2. The Morgan fingerprint density at radius 1 is 1.31 bits per heavy atom. The van der Waals surface area contributed by atoms with E-state index in [9.17, 15) is 4.39 Å². The van der Waals surface area contributed by atoms with Crippen molar-refractivity contribution in [3.8, 4) is 0 Å². The summed E-state index contributed by atoms with van der Waals surface area (Å²) >= 11 is 0. The van der Waals surface area contributed by atoms with Crippen molar-refractivity contribution in [2.75, 3.05) is 53.0 Å². The molecular formula is C19H32FIN4O. The Hall–Kier alpha value is -0.930. The molecule has 0 radical (unpaired) electrons. The molecule has 1 saturated heterocycles. The van der Waals surface area contributed by atoms with Gasteiger partial charge in [-0.3, -0.25) is 9.89 Å². The number of hydrogen-bond acceptors (Lipinski definition) is 3. The minimum atomic E-state index is -0.198. The number of guanidine groups is 1. The van der Waals surface area contributed by atoms with Crippen LogP contribution in [0, 0.1) is 5.82 Å². The van der Waals surface area contributed by atoms with Crippen molar-refractivity contribution in [3.63, 3.8) is 0 Å². The SMILES string of the molecule is CCNC(=NCCCCN1CCOCC1)N(C)Cc1cccc(F)c1.I. The third-order valence-electron chi connectivity index (χ3n) is 4.25. The summed E-state index contributed by atoms with van der Waals surface area (Å²) in [5.41, 5.74) is 0.945. The Bertz CT molecular complexity index is 538. The van der Waals surface area contributed by atoms with E-state index in [2.05, 4.69) is 17.1 Å². The molecule has 1 N–H and O–H groups in total. The fourth-order valence-electron chi connectivity index (χ4n) is 2.91. The number of benzene rings is 1. The fraction of sp³-hybridized carbons (Fsp3) is 0.632. The minimum absolute atomic E-state index is 0. The van der Waals surface area contributed by atoms with Crippen LogP contribution in [0.1, 0.15) is 25.3 Å². The predicted octanol–water partition coefficient (Wildman–Crippen LogP) is 2.95. The third kappa shape index (κ3) is 8.64. The van der Waals surface area contributed by atoms with Crippen molar-refractivity contribution in [3.05, 3.63) is 35.6 Å². The van der Waals surface area contributed by atoms with E-state index in [0.717, 1.165) is 70.3 Å². The van der Waals surface area contributed by atoms with E-state index >= 15 is 0 Å². The fourth-order valence-corrected chi connectivity index (χ4v) is 2.91. The highest BCUT2D eigenvalue weighted by atomic mass is 127. The molecule has 1 fully saturated rings. The van der Waals surface area contributed by atoms with E-state index in [1.807, 2.05) is 18.0 Å². The zero-order valence-electron chi connectivity index (χ0n) is 15.9. The average Bonchev–Trinajstić information content (AvgIpc) is 2.61. The van der Waals surface area contributed by atoms with Crippen molar-refractivity contribution < 1.29 is 9.13 Å². The van der Waals surface area contributed by atoms with Gasteiger partial charge in [-0.2, -0.15) is 0 Å². The molecule has 1 heterocycles. The number of hydrogen-bond donors (Lipinski definition) is 1. The van der Waals surface area contributed by atoms with Gasteiger partial charge >= 0.3 is 0 Å². The van der Waals surface area contributed by atoms with E-state index in [-0.39, 0.29) is 29.8 Å². The second-order valence-electron chi connectivity index (χ2n) is 6.38. The van der Waals surface area contributed by atoms with Crippen LogP contribution in [-0.4, -0.2) is 68.7 Å². The standard InChI is InChI=1S/C19H31FN4O.HI/c1-3-21-19(23(2)16-17-7-6-8-18(20)15-17)22-9-4-5-10-24-11-13-25-14-12-24;/h6-8,15H,3-5,9-14,16H2,1-2H3,(H,21,22);1H. The monoisotopic (exact) mass is 478 g/mol. The van der Waals surface area contributed by atoms with Crippen LogP contribution in [0.25, 0.3) is 0 Å². The number of rotatable bonds is 8. The highest BCUT2D eigenvalue weighted by Gasteiger charge is 2.09. The molecule has 0 amide bonds. The summed E-state index contributed by atoms with van der Waals surface area (Å²) in [6.45, 7) is 9.24. The number of nitrogens with one attached hydrogen (secondary N) is 1. The zero-order valence-corrected chi connectivity index (χ0v) is 18.2. The number of ether oxygens (including phenoxy) is 1. The largest absolute Gasteiger partial charge is 0.379 e. The summed E-state index contributed by atoms with van der Waals surface area (Å²) in [6, 6.07) is 6.72. The molecule has 26 heavy (non-hydrogen) atoms. The van der Waals surface area contributed by atoms with Gasteiger partial charge in [-0.1, -0.05) is 12.1 Å². The van der Waals surface area contributed by atoms with Gasteiger partial charge in [-0.05, 0) is 44.0 Å². The molecule has 0 aromatic heterocycles. The normalized spacial score (nSPS) is 15.4. The summed E-state index contributed by atoms with van der Waals surface area (Å²) in [5.74, 6) is 0.675. The van der Waals surface area contributed by atoms with E-state index < -0.39 is 0 Å². The first kappa shape index (κ1) is 23.1. The van der Waals surface area contributed by atoms with Crippen molar-refractivity contribution in [1.29, 1.82) is 0 Å².